The Hall–Kier alpha value is -1.14. The molecule has 0 bridgehead atoms. The van der Waals surface area contributed by atoms with Gasteiger partial charge in [0.05, 0.1) is 19.1 Å². The third kappa shape index (κ3) is 5.09. The van der Waals surface area contributed by atoms with Crippen molar-refractivity contribution in [2.75, 3.05) is 19.8 Å². The third-order valence-electron chi connectivity index (χ3n) is 3.40. The Morgan fingerprint density at radius 2 is 2.05 bits per heavy atom. The first-order valence-electron chi connectivity index (χ1n) is 7.30. The van der Waals surface area contributed by atoms with E-state index < -0.39 is 12.0 Å². The lowest BCUT2D eigenvalue weighted by molar-refractivity contribution is -0.143. The maximum absolute atomic E-state index is 12.2. The van der Waals surface area contributed by atoms with E-state index in [1.165, 1.54) is 0 Å². The molecule has 1 saturated heterocycles. The predicted molar refractivity (Wildman–Crippen MR) is 75.4 cm³/mol. The van der Waals surface area contributed by atoms with Crippen molar-refractivity contribution >= 4 is 11.9 Å². The number of carboxylic acid groups (broad SMARTS) is 1. The summed E-state index contributed by atoms with van der Waals surface area (Å²) in [5, 5.41) is 15.1. The molecule has 0 aliphatic carbocycles. The van der Waals surface area contributed by atoms with Crippen LogP contribution >= 0.6 is 0 Å². The van der Waals surface area contributed by atoms with E-state index in [9.17, 15) is 9.59 Å². The highest BCUT2D eigenvalue weighted by atomic mass is 16.5. The number of hydrogen-bond acceptors (Lipinski definition) is 4. The summed E-state index contributed by atoms with van der Waals surface area (Å²) >= 11 is 0. The van der Waals surface area contributed by atoms with Gasteiger partial charge in [-0.15, -0.1) is 0 Å². The minimum atomic E-state index is -0.982. The lowest BCUT2D eigenvalue weighted by Gasteiger charge is -2.22. The van der Waals surface area contributed by atoms with Crippen LogP contribution in [0.25, 0.3) is 0 Å². The van der Waals surface area contributed by atoms with Gasteiger partial charge in [-0.1, -0.05) is 20.8 Å². The molecule has 3 atom stereocenters. The first kappa shape index (κ1) is 16.9. The van der Waals surface area contributed by atoms with Crippen LogP contribution in [0.4, 0.5) is 0 Å². The molecule has 0 spiro atoms. The summed E-state index contributed by atoms with van der Waals surface area (Å²) in [5.41, 5.74) is 0. The molecule has 6 nitrogen and oxygen atoms in total. The van der Waals surface area contributed by atoms with E-state index >= 15 is 0 Å². The van der Waals surface area contributed by atoms with Crippen LogP contribution < -0.4 is 10.6 Å². The zero-order valence-corrected chi connectivity index (χ0v) is 12.5. The molecule has 1 aliphatic heterocycles. The van der Waals surface area contributed by atoms with Crippen molar-refractivity contribution in [2.45, 2.75) is 45.7 Å². The zero-order valence-electron chi connectivity index (χ0n) is 12.5. The van der Waals surface area contributed by atoms with Crippen LogP contribution in [0, 0.1) is 11.8 Å². The lowest BCUT2D eigenvalue weighted by Crippen LogP contribution is -2.49. The molecule has 0 radical (unpaired) electrons. The molecule has 2 unspecified atom stereocenters. The maximum Gasteiger partial charge on any atom is 0.326 e. The van der Waals surface area contributed by atoms with Gasteiger partial charge in [0.1, 0.15) is 6.04 Å². The monoisotopic (exact) mass is 286 g/mol. The Bertz CT molecular complexity index is 333. The van der Waals surface area contributed by atoms with E-state index in [1.54, 1.807) is 0 Å². The molecule has 116 valence electrons. The van der Waals surface area contributed by atoms with Crippen molar-refractivity contribution < 1.29 is 19.4 Å². The van der Waals surface area contributed by atoms with Gasteiger partial charge < -0.3 is 20.5 Å². The Labute approximate surface area is 120 Å². The summed E-state index contributed by atoms with van der Waals surface area (Å²) in [5.74, 6) is -1.31. The van der Waals surface area contributed by atoms with Crippen molar-refractivity contribution in [2.24, 2.45) is 11.8 Å². The molecule has 1 aliphatic rings. The van der Waals surface area contributed by atoms with Crippen LogP contribution in [0.1, 0.15) is 33.6 Å². The molecule has 6 heteroatoms. The van der Waals surface area contributed by atoms with Crippen LogP contribution in [0.2, 0.25) is 0 Å². The van der Waals surface area contributed by atoms with Crippen LogP contribution in [-0.2, 0) is 14.3 Å². The highest BCUT2D eigenvalue weighted by Crippen LogP contribution is 2.15. The molecule has 0 aromatic heterocycles. The largest absolute Gasteiger partial charge is 0.480 e. The fourth-order valence-electron chi connectivity index (χ4n) is 2.32. The maximum atomic E-state index is 12.2. The van der Waals surface area contributed by atoms with Crippen LogP contribution in [0.5, 0.6) is 0 Å². The SMILES string of the molecule is CCCNC1COCC1C(=O)N[C@H](CC(C)C)C(=O)O. The molecule has 0 aromatic rings. The average molecular weight is 286 g/mol. The second kappa shape index (κ2) is 8.21. The summed E-state index contributed by atoms with van der Waals surface area (Å²) in [4.78, 5) is 23.4. The quantitative estimate of drug-likeness (QED) is 0.609. The normalized spacial score (nSPS) is 23.8. The van der Waals surface area contributed by atoms with Gasteiger partial charge in [0.15, 0.2) is 0 Å². The Balaban J connectivity index is 2.56. The van der Waals surface area contributed by atoms with Gasteiger partial charge in [-0.3, -0.25) is 4.79 Å². The Kier molecular flexibility index (Phi) is 6.95. The van der Waals surface area contributed by atoms with Crippen molar-refractivity contribution in [3.8, 4) is 0 Å². The molecule has 3 N–H and O–H groups in total. The number of carbonyl (C=O) groups is 2. The highest BCUT2D eigenvalue weighted by molar-refractivity contribution is 5.85. The van der Waals surface area contributed by atoms with Crippen LogP contribution in [0.3, 0.4) is 0 Å². The van der Waals surface area contributed by atoms with Crippen molar-refractivity contribution in [1.29, 1.82) is 0 Å². The van der Waals surface area contributed by atoms with E-state index in [-0.39, 0.29) is 23.8 Å². The standard InChI is InChI=1S/C14H26N2O4/c1-4-5-15-12-8-20-7-10(12)13(17)16-11(14(18)19)6-9(2)3/h9-12,15H,4-8H2,1-3H3,(H,16,17)(H,18,19)/t10?,11-,12?/m1/s1. The van der Waals surface area contributed by atoms with Crippen LogP contribution in [-0.4, -0.2) is 48.8 Å². The topological polar surface area (TPSA) is 87.7 Å². The van der Waals surface area contributed by atoms with Gasteiger partial charge in [0.2, 0.25) is 5.91 Å². The fourth-order valence-corrected chi connectivity index (χ4v) is 2.32. The van der Waals surface area contributed by atoms with Gasteiger partial charge in [-0.25, -0.2) is 4.79 Å². The minimum absolute atomic E-state index is 0.0246. The van der Waals surface area contributed by atoms with Crippen molar-refractivity contribution in [3.63, 3.8) is 0 Å². The fraction of sp³-hybridized carbons (Fsp3) is 0.857. The highest BCUT2D eigenvalue weighted by Gasteiger charge is 2.35. The molecule has 1 rings (SSSR count). The first-order chi connectivity index (χ1) is 9.45. The van der Waals surface area contributed by atoms with E-state index in [2.05, 4.69) is 17.6 Å². The number of rotatable bonds is 8. The predicted octanol–water partition coefficient (Wildman–Crippen LogP) is 0.617. The smallest absolute Gasteiger partial charge is 0.326 e. The Morgan fingerprint density at radius 3 is 2.60 bits per heavy atom. The van der Waals surface area contributed by atoms with E-state index in [0.29, 0.717) is 19.6 Å². The van der Waals surface area contributed by atoms with Crippen LogP contribution in [0.15, 0.2) is 0 Å². The number of carboxylic acids is 1. The number of carbonyl (C=O) groups excluding carboxylic acids is 1. The van der Waals surface area contributed by atoms with E-state index in [4.69, 9.17) is 9.84 Å². The number of nitrogens with one attached hydrogen (secondary N) is 2. The number of aliphatic carboxylic acids is 1. The summed E-state index contributed by atoms with van der Waals surface area (Å²) in [7, 11) is 0. The van der Waals surface area contributed by atoms with Gasteiger partial charge >= 0.3 is 5.97 Å². The first-order valence-corrected chi connectivity index (χ1v) is 7.30. The van der Waals surface area contributed by atoms with Gasteiger partial charge in [-0.05, 0) is 25.3 Å². The zero-order chi connectivity index (χ0) is 15.1. The minimum Gasteiger partial charge on any atom is -0.480 e. The van der Waals surface area contributed by atoms with Gasteiger partial charge in [0, 0.05) is 6.04 Å². The lowest BCUT2D eigenvalue weighted by atomic mass is 9.99. The van der Waals surface area contributed by atoms with Gasteiger partial charge in [0.25, 0.3) is 0 Å². The van der Waals surface area contributed by atoms with E-state index in [1.807, 2.05) is 13.8 Å². The molecular weight excluding hydrogens is 260 g/mol. The number of hydrogen-bond donors (Lipinski definition) is 3. The summed E-state index contributed by atoms with van der Waals surface area (Å²) in [6.45, 7) is 7.60. The summed E-state index contributed by atoms with van der Waals surface area (Å²) in [6.07, 6.45) is 1.41. The second-order valence-electron chi connectivity index (χ2n) is 5.73. The Morgan fingerprint density at radius 1 is 1.35 bits per heavy atom. The second-order valence-corrected chi connectivity index (χ2v) is 5.73. The molecule has 20 heavy (non-hydrogen) atoms. The molecule has 0 aromatic carbocycles. The summed E-state index contributed by atoms with van der Waals surface area (Å²) in [6, 6.07) is -0.849. The molecular formula is C14H26N2O4. The number of amides is 1. The molecule has 1 amide bonds. The molecule has 1 heterocycles. The third-order valence-corrected chi connectivity index (χ3v) is 3.40. The van der Waals surface area contributed by atoms with Crippen molar-refractivity contribution in [1.82, 2.24) is 10.6 Å². The summed E-state index contributed by atoms with van der Waals surface area (Å²) < 4.78 is 5.34. The molecule has 1 fully saturated rings. The molecule has 0 saturated carbocycles. The van der Waals surface area contributed by atoms with Crippen molar-refractivity contribution in [3.05, 3.63) is 0 Å². The average Bonchev–Trinajstić information content (AvgIpc) is 2.83. The number of ether oxygens (including phenoxy) is 1. The van der Waals surface area contributed by atoms with E-state index in [0.717, 1.165) is 13.0 Å². The van der Waals surface area contributed by atoms with Gasteiger partial charge in [-0.2, -0.15) is 0 Å².